The van der Waals surface area contributed by atoms with Crippen LogP contribution in [0.1, 0.15) is 40.0 Å². The van der Waals surface area contributed by atoms with Gasteiger partial charge < -0.3 is 42.7 Å². The second kappa shape index (κ2) is 13.2. The van der Waals surface area contributed by atoms with Crippen LogP contribution in [0.2, 0.25) is 0 Å². The first-order valence-electron chi connectivity index (χ1n) is 9.75. The van der Waals surface area contributed by atoms with Gasteiger partial charge in [-0.2, -0.15) is 0 Å². The van der Waals surface area contributed by atoms with Crippen LogP contribution in [0.15, 0.2) is 0 Å². The summed E-state index contributed by atoms with van der Waals surface area (Å²) in [6, 6.07) is -5.78. The van der Waals surface area contributed by atoms with Gasteiger partial charge in [0, 0.05) is 6.42 Å². The molecule has 0 aromatic rings. The van der Waals surface area contributed by atoms with Crippen LogP contribution >= 0.6 is 0 Å². The number of carboxylic acids is 2. The van der Waals surface area contributed by atoms with Gasteiger partial charge in [-0.05, 0) is 19.3 Å². The van der Waals surface area contributed by atoms with Crippen molar-refractivity contribution in [3.63, 3.8) is 0 Å². The molecule has 14 nitrogen and oxygen atoms in total. The smallest absolute Gasteiger partial charge is 0.326 e. The quantitative estimate of drug-likeness (QED) is 0.127. The zero-order valence-electron chi connectivity index (χ0n) is 18.0. The summed E-state index contributed by atoms with van der Waals surface area (Å²) >= 11 is 0. The Balaban J connectivity index is 5.50. The maximum atomic E-state index is 12.6. The molecule has 5 unspecified atom stereocenters. The number of nitrogens with one attached hydrogen (secondary N) is 3. The van der Waals surface area contributed by atoms with Crippen molar-refractivity contribution in [3.05, 3.63) is 0 Å². The monoisotopic (exact) mass is 461 g/mol. The zero-order valence-corrected chi connectivity index (χ0v) is 18.0. The zero-order chi connectivity index (χ0) is 25.2. The molecule has 32 heavy (non-hydrogen) atoms. The molecule has 0 aromatic carbocycles. The average molecular weight is 461 g/mol. The van der Waals surface area contributed by atoms with Crippen molar-refractivity contribution < 1.29 is 44.1 Å². The predicted molar refractivity (Wildman–Crippen MR) is 109 cm³/mol. The first-order chi connectivity index (χ1) is 14.7. The van der Waals surface area contributed by atoms with Crippen LogP contribution in [0.4, 0.5) is 0 Å². The minimum absolute atomic E-state index is 0.390. The molecule has 0 spiro atoms. The van der Waals surface area contributed by atoms with Gasteiger partial charge in [0.1, 0.15) is 18.1 Å². The molecule has 0 aliphatic heterocycles. The van der Waals surface area contributed by atoms with Crippen LogP contribution in [-0.2, 0) is 28.8 Å². The first-order valence-corrected chi connectivity index (χ1v) is 9.75. The number of nitrogens with two attached hydrogens (primary N) is 2. The van der Waals surface area contributed by atoms with Gasteiger partial charge >= 0.3 is 11.9 Å². The Bertz CT molecular complexity index is 726. The number of carbonyl (C=O) groups excluding carboxylic acids is 4. The minimum Gasteiger partial charge on any atom is -0.481 e. The fourth-order valence-electron chi connectivity index (χ4n) is 2.54. The van der Waals surface area contributed by atoms with Gasteiger partial charge in [0.05, 0.1) is 18.6 Å². The number of aliphatic hydroxyl groups is 1. The van der Waals surface area contributed by atoms with Crippen molar-refractivity contribution in [2.45, 2.75) is 70.3 Å². The summed E-state index contributed by atoms with van der Waals surface area (Å²) in [7, 11) is 0. The van der Waals surface area contributed by atoms with E-state index in [-0.39, 0.29) is 6.42 Å². The van der Waals surface area contributed by atoms with Crippen molar-refractivity contribution in [3.8, 4) is 0 Å². The lowest BCUT2D eigenvalue weighted by molar-refractivity contribution is -0.144. The lowest BCUT2D eigenvalue weighted by Crippen LogP contribution is -2.60. The number of carboxylic acid groups (broad SMARTS) is 2. The van der Waals surface area contributed by atoms with Crippen molar-refractivity contribution in [1.82, 2.24) is 16.0 Å². The molecule has 0 heterocycles. The Morgan fingerprint density at radius 2 is 1.38 bits per heavy atom. The van der Waals surface area contributed by atoms with Crippen LogP contribution in [-0.4, -0.2) is 81.2 Å². The van der Waals surface area contributed by atoms with E-state index in [1.807, 2.05) is 0 Å². The van der Waals surface area contributed by atoms with Crippen molar-refractivity contribution in [2.75, 3.05) is 0 Å². The highest BCUT2D eigenvalue weighted by Crippen LogP contribution is 2.06. The molecular formula is C18H31N5O9. The SMILES string of the molecule is CC(C)C(NC(=O)C(CCC(=O)O)NC(=O)C(NC(=O)C(N)CC(N)=O)C(C)O)C(=O)O. The van der Waals surface area contributed by atoms with Crippen LogP contribution < -0.4 is 27.4 Å². The number of hydrogen-bond donors (Lipinski definition) is 8. The number of rotatable bonds is 14. The Morgan fingerprint density at radius 1 is 0.844 bits per heavy atom. The van der Waals surface area contributed by atoms with Gasteiger partial charge in [-0.1, -0.05) is 13.8 Å². The summed E-state index contributed by atoms with van der Waals surface area (Å²) < 4.78 is 0. The Kier molecular flexibility index (Phi) is 11.9. The van der Waals surface area contributed by atoms with E-state index in [9.17, 15) is 39.0 Å². The third kappa shape index (κ3) is 10.2. The third-order valence-electron chi connectivity index (χ3n) is 4.33. The highest BCUT2D eigenvalue weighted by atomic mass is 16.4. The number of primary amides is 1. The molecule has 0 rings (SSSR count). The summed E-state index contributed by atoms with van der Waals surface area (Å²) in [5, 5.41) is 34.6. The Morgan fingerprint density at radius 3 is 1.78 bits per heavy atom. The molecule has 4 amide bonds. The lowest BCUT2D eigenvalue weighted by Gasteiger charge is -2.26. The van der Waals surface area contributed by atoms with E-state index in [0.717, 1.165) is 6.92 Å². The van der Waals surface area contributed by atoms with Gasteiger partial charge in [0.15, 0.2) is 0 Å². The van der Waals surface area contributed by atoms with Gasteiger partial charge in [-0.3, -0.25) is 24.0 Å². The standard InChI is InChI=1S/C18H31N5O9/c1-7(2)13(18(31)32)22-16(29)10(4-5-12(26)27)21-17(30)14(8(3)24)23-15(28)9(19)6-11(20)25/h7-10,13-14,24H,4-6,19H2,1-3H3,(H2,20,25)(H,21,30)(H,22,29)(H,23,28)(H,26,27)(H,31,32). The minimum atomic E-state index is -1.61. The number of aliphatic carboxylic acids is 2. The van der Waals surface area contributed by atoms with E-state index >= 15 is 0 Å². The normalized spacial score (nSPS) is 15.6. The fourth-order valence-corrected chi connectivity index (χ4v) is 2.54. The largest absolute Gasteiger partial charge is 0.481 e. The highest BCUT2D eigenvalue weighted by Gasteiger charge is 2.33. The molecule has 0 aliphatic rings. The first kappa shape index (κ1) is 28.7. The van der Waals surface area contributed by atoms with Crippen LogP contribution in [0.5, 0.6) is 0 Å². The molecule has 0 fully saturated rings. The third-order valence-corrected chi connectivity index (χ3v) is 4.33. The van der Waals surface area contributed by atoms with Gasteiger partial charge in [-0.15, -0.1) is 0 Å². The topological polar surface area (TPSA) is 251 Å². The van der Waals surface area contributed by atoms with Crippen LogP contribution in [0, 0.1) is 5.92 Å². The van der Waals surface area contributed by atoms with Crippen molar-refractivity contribution >= 4 is 35.6 Å². The predicted octanol–water partition coefficient (Wildman–Crippen LogP) is -3.37. The summed E-state index contributed by atoms with van der Waals surface area (Å²) in [6.45, 7) is 4.24. The molecule has 0 aliphatic carbocycles. The van der Waals surface area contributed by atoms with Crippen LogP contribution in [0.3, 0.4) is 0 Å². The van der Waals surface area contributed by atoms with E-state index in [1.165, 1.54) is 13.8 Å². The van der Waals surface area contributed by atoms with E-state index in [2.05, 4.69) is 16.0 Å². The molecule has 5 atom stereocenters. The van der Waals surface area contributed by atoms with E-state index in [4.69, 9.17) is 16.6 Å². The van der Waals surface area contributed by atoms with E-state index < -0.39 is 84.6 Å². The molecule has 0 saturated carbocycles. The molecule has 0 radical (unpaired) electrons. The molecule has 182 valence electrons. The van der Waals surface area contributed by atoms with Crippen LogP contribution in [0.25, 0.3) is 0 Å². The molecular weight excluding hydrogens is 430 g/mol. The second-order valence-corrected chi connectivity index (χ2v) is 7.57. The molecule has 10 N–H and O–H groups in total. The summed E-state index contributed by atoms with van der Waals surface area (Å²) in [5.41, 5.74) is 10.5. The maximum absolute atomic E-state index is 12.6. The van der Waals surface area contributed by atoms with Gasteiger partial charge in [0.2, 0.25) is 23.6 Å². The lowest BCUT2D eigenvalue weighted by atomic mass is 10.0. The average Bonchev–Trinajstić information content (AvgIpc) is 2.65. The summed E-state index contributed by atoms with van der Waals surface area (Å²) in [6.07, 6.45) is -2.91. The molecule has 14 heteroatoms. The highest BCUT2D eigenvalue weighted by molar-refractivity contribution is 5.95. The summed E-state index contributed by atoms with van der Waals surface area (Å²) in [5.74, 6) is -6.95. The van der Waals surface area contributed by atoms with Gasteiger partial charge in [0.25, 0.3) is 0 Å². The maximum Gasteiger partial charge on any atom is 0.326 e. The number of aliphatic hydroxyl groups excluding tert-OH is 1. The Labute approximate surface area is 184 Å². The van der Waals surface area contributed by atoms with Gasteiger partial charge in [-0.25, -0.2) is 4.79 Å². The van der Waals surface area contributed by atoms with Crippen molar-refractivity contribution in [2.24, 2.45) is 17.4 Å². The number of carbonyl (C=O) groups is 6. The van der Waals surface area contributed by atoms with E-state index in [1.54, 1.807) is 0 Å². The van der Waals surface area contributed by atoms with E-state index in [0.29, 0.717) is 0 Å². The molecule has 0 bridgehead atoms. The Hall–Kier alpha value is -3.26. The number of amides is 4. The van der Waals surface area contributed by atoms with Crippen molar-refractivity contribution in [1.29, 1.82) is 0 Å². The molecule has 0 aromatic heterocycles. The summed E-state index contributed by atoms with van der Waals surface area (Å²) in [4.78, 5) is 70.4. The second-order valence-electron chi connectivity index (χ2n) is 7.57. The molecule has 0 saturated heterocycles. The number of hydrogen-bond acceptors (Lipinski definition) is 8. The fraction of sp³-hybridized carbons (Fsp3) is 0.667.